The van der Waals surface area contributed by atoms with Gasteiger partial charge in [-0.1, -0.05) is 6.92 Å². The number of aromatic nitrogens is 5. The monoisotopic (exact) mass is 457 g/mol. The molecule has 12 heteroatoms. The summed E-state index contributed by atoms with van der Waals surface area (Å²) < 4.78 is 30.4. The van der Waals surface area contributed by atoms with Gasteiger partial charge < -0.3 is 23.7 Å². The van der Waals surface area contributed by atoms with Crippen LogP contribution >= 0.6 is 11.7 Å². The zero-order chi connectivity index (χ0) is 22.7. The van der Waals surface area contributed by atoms with E-state index in [0.717, 1.165) is 29.3 Å². The Hall–Kier alpha value is -3.80. The number of carbonyl (C=O) groups is 1. The standard InChI is InChI=1S/C20H19N5O6S/c1-4-5-28-18-15-19(24-20(23-18)30-13-8-21-32-25-13)31-17(22-15)12-6-10(2)16(11(3)7-12)29-9-14(26)27/h6-8H,4-5,9H2,1-3H3,(H,26,27). The van der Waals surface area contributed by atoms with E-state index < -0.39 is 12.6 Å². The van der Waals surface area contributed by atoms with Crippen molar-refractivity contribution in [3.8, 4) is 35.0 Å². The Morgan fingerprint density at radius 1 is 1.16 bits per heavy atom. The number of rotatable bonds is 9. The number of carboxylic acid groups (broad SMARTS) is 1. The summed E-state index contributed by atoms with van der Waals surface area (Å²) in [5, 5.41) is 8.87. The molecule has 1 N–H and O–H groups in total. The summed E-state index contributed by atoms with van der Waals surface area (Å²) in [5.74, 6) is 0.265. The van der Waals surface area contributed by atoms with E-state index in [4.69, 9.17) is 23.7 Å². The van der Waals surface area contributed by atoms with Gasteiger partial charge in [0.2, 0.25) is 5.89 Å². The van der Waals surface area contributed by atoms with Gasteiger partial charge in [0.1, 0.15) is 11.9 Å². The summed E-state index contributed by atoms with van der Waals surface area (Å²) in [7, 11) is 0. The molecule has 0 amide bonds. The fourth-order valence-corrected chi connectivity index (χ4v) is 3.33. The molecule has 0 aliphatic rings. The van der Waals surface area contributed by atoms with Crippen molar-refractivity contribution in [2.45, 2.75) is 27.2 Å². The van der Waals surface area contributed by atoms with Crippen LogP contribution in [0.25, 0.3) is 22.7 Å². The Labute approximate surface area is 186 Å². The van der Waals surface area contributed by atoms with Crippen molar-refractivity contribution >= 4 is 28.9 Å². The van der Waals surface area contributed by atoms with Crippen LogP contribution in [0.15, 0.2) is 22.7 Å². The first-order chi connectivity index (χ1) is 15.4. The van der Waals surface area contributed by atoms with Crippen LogP contribution in [0.4, 0.5) is 0 Å². The average Bonchev–Trinajstić information content (AvgIpc) is 3.41. The van der Waals surface area contributed by atoms with Crippen molar-refractivity contribution in [2.75, 3.05) is 13.2 Å². The van der Waals surface area contributed by atoms with Crippen molar-refractivity contribution < 1.29 is 28.5 Å². The molecule has 3 aromatic heterocycles. The number of aryl methyl sites for hydroxylation is 2. The molecule has 0 aliphatic heterocycles. The Morgan fingerprint density at radius 2 is 1.94 bits per heavy atom. The Bertz CT molecular complexity index is 1230. The lowest BCUT2D eigenvalue weighted by Crippen LogP contribution is -2.10. The first-order valence-electron chi connectivity index (χ1n) is 9.67. The summed E-state index contributed by atoms with van der Waals surface area (Å²) in [4.78, 5) is 23.9. The molecule has 0 fully saturated rings. The molecule has 0 unspecified atom stereocenters. The van der Waals surface area contributed by atoms with Crippen molar-refractivity contribution in [1.82, 2.24) is 23.7 Å². The van der Waals surface area contributed by atoms with Crippen LogP contribution in [0.5, 0.6) is 23.5 Å². The number of benzene rings is 1. The van der Waals surface area contributed by atoms with Crippen LogP contribution in [-0.4, -0.2) is 48.0 Å². The largest absolute Gasteiger partial charge is 0.481 e. The summed E-state index contributed by atoms with van der Waals surface area (Å²) in [5.41, 5.74) is 2.72. The zero-order valence-electron chi connectivity index (χ0n) is 17.5. The van der Waals surface area contributed by atoms with Crippen LogP contribution in [0.1, 0.15) is 24.5 Å². The molecule has 32 heavy (non-hydrogen) atoms. The predicted molar refractivity (Wildman–Crippen MR) is 113 cm³/mol. The first kappa shape index (κ1) is 21.4. The van der Waals surface area contributed by atoms with Gasteiger partial charge in [-0.05, 0) is 43.5 Å². The highest BCUT2D eigenvalue weighted by Crippen LogP contribution is 2.34. The third-order valence-corrected chi connectivity index (χ3v) is 4.69. The predicted octanol–water partition coefficient (Wildman–Crippen LogP) is 3.80. The van der Waals surface area contributed by atoms with Crippen molar-refractivity contribution in [3.05, 3.63) is 29.5 Å². The fraction of sp³-hybridized carbons (Fsp3) is 0.300. The van der Waals surface area contributed by atoms with E-state index >= 15 is 0 Å². The number of hydrogen-bond donors (Lipinski definition) is 1. The van der Waals surface area contributed by atoms with Crippen LogP contribution in [0, 0.1) is 13.8 Å². The minimum atomic E-state index is -1.04. The summed E-state index contributed by atoms with van der Waals surface area (Å²) >= 11 is 1.00. The van der Waals surface area contributed by atoms with E-state index in [1.807, 2.05) is 20.8 Å². The van der Waals surface area contributed by atoms with E-state index in [2.05, 4.69) is 23.7 Å². The topological polar surface area (TPSA) is 143 Å². The second-order valence-electron chi connectivity index (χ2n) is 6.80. The molecule has 0 aliphatic carbocycles. The second-order valence-corrected chi connectivity index (χ2v) is 7.36. The molecule has 0 atom stereocenters. The summed E-state index contributed by atoms with van der Waals surface area (Å²) in [6.45, 7) is 5.62. The van der Waals surface area contributed by atoms with Gasteiger partial charge in [0.05, 0.1) is 18.3 Å². The van der Waals surface area contributed by atoms with E-state index in [1.54, 1.807) is 12.1 Å². The highest BCUT2D eigenvalue weighted by molar-refractivity contribution is 6.99. The van der Waals surface area contributed by atoms with Gasteiger partial charge in [-0.25, -0.2) is 9.78 Å². The molecule has 0 radical (unpaired) electrons. The molecular weight excluding hydrogens is 438 g/mol. The molecule has 4 rings (SSSR count). The van der Waals surface area contributed by atoms with Crippen LogP contribution in [0.3, 0.4) is 0 Å². The Kier molecular flexibility index (Phi) is 6.12. The third-order valence-electron chi connectivity index (χ3n) is 4.23. The minimum absolute atomic E-state index is 0.00350. The molecule has 4 aromatic rings. The number of nitrogens with zero attached hydrogens (tertiary/aromatic N) is 5. The zero-order valence-corrected chi connectivity index (χ0v) is 18.3. The normalized spacial score (nSPS) is 11.0. The molecule has 3 heterocycles. The number of hydrogen-bond acceptors (Lipinski definition) is 11. The molecule has 0 saturated heterocycles. The maximum atomic E-state index is 10.8. The average molecular weight is 457 g/mol. The van der Waals surface area contributed by atoms with Crippen LogP contribution in [-0.2, 0) is 4.79 Å². The summed E-state index contributed by atoms with van der Waals surface area (Å²) in [6.07, 6.45) is 2.23. The first-order valence-corrected chi connectivity index (χ1v) is 10.4. The highest BCUT2D eigenvalue weighted by atomic mass is 32.1. The Balaban J connectivity index is 1.72. The van der Waals surface area contributed by atoms with Gasteiger partial charge in [0.25, 0.3) is 17.5 Å². The fourth-order valence-electron chi connectivity index (χ4n) is 2.98. The van der Waals surface area contributed by atoms with Crippen LogP contribution in [0.2, 0.25) is 0 Å². The molecule has 1 aromatic carbocycles. The number of aliphatic carboxylic acids is 1. The van der Waals surface area contributed by atoms with Gasteiger partial charge in [-0.15, -0.1) is 4.37 Å². The van der Waals surface area contributed by atoms with Crippen LogP contribution < -0.4 is 14.2 Å². The lowest BCUT2D eigenvalue weighted by atomic mass is 10.1. The molecule has 0 spiro atoms. The number of fused-ring (bicyclic) bond motifs is 1. The maximum Gasteiger partial charge on any atom is 0.341 e. The van der Waals surface area contributed by atoms with Gasteiger partial charge in [0, 0.05) is 5.56 Å². The SMILES string of the molecule is CCCOc1nc(Oc2cnsn2)nc2oc(-c3cc(C)c(OCC(=O)O)c(C)c3)nc12. The van der Waals surface area contributed by atoms with E-state index in [0.29, 0.717) is 29.3 Å². The van der Waals surface area contributed by atoms with Crippen molar-refractivity contribution in [1.29, 1.82) is 0 Å². The van der Waals surface area contributed by atoms with Gasteiger partial charge in [-0.3, -0.25) is 0 Å². The summed E-state index contributed by atoms with van der Waals surface area (Å²) in [6, 6.07) is 3.60. The van der Waals surface area contributed by atoms with Gasteiger partial charge in [0.15, 0.2) is 12.1 Å². The maximum absolute atomic E-state index is 10.8. The number of ether oxygens (including phenoxy) is 3. The Morgan fingerprint density at radius 3 is 2.59 bits per heavy atom. The number of carboxylic acids is 1. The van der Waals surface area contributed by atoms with Gasteiger partial charge in [-0.2, -0.15) is 14.3 Å². The molecular formula is C20H19N5O6S. The van der Waals surface area contributed by atoms with E-state index in [1.165, 1.54) is 6.20 Å². The smallest absolute Gasteiger partial charge is 0.341 e. The third kappa shape index (κ3) is 4.59. The molecule has 0 bridgehead atoms. The van der Waals surface area contributed by atoms with E-state index in [9.17, 15) is 4.79 Å². The lowest BCUT2D eigenvalue weighted by Gasteiger charge is -2.11. The lowest BCUT2D eigenvalue weighted by molar-refractivity contribution is -0.139. The second kappa shape index (κ2) is 9.14. The quantitative estimate of drug-likeness (QED) is 0.392. The highest BCUT2D eigenvalue weighted by Gasteiger charge is 2.20. The minimum Gasteiger partial charge on any atom is -0.481 e. The van der Waals surface area contributed by atoms with Gasteiger partial charge >= 0.3 is 12.0 Å². The molecule has 11 nitrogen and oxygen atoms in total. The number of oxazole rings is 1. The molecule has 0 saturated carbocycles. The van der Waals surface area contributed by atoms with Crippen molar-refractivity contribution in [2.24, 2.45) is 0 Å². The van der Waals surface area contributed by atoms with Crippen molar-refractivity contribution in [3.63, 3.8) is 0 Å². The molecule has 166 valence electrons. The van der Waals surface area contributed by atoms with E-state index in [-0.39, 0.29) is 23.5 Å².